The molecule has 14 heavy (non-hydrogen) atoms. The zero-order valence-electron chi connectivity index (χ0n) is 8.00. The molecule has 2 aromatic rings. The average Bonchev–Trinajstić information content (AvgIpc) is 2.43. The minimum Gasteiger partial charge on any atom is -0.508 e. The first-order valence-corrected chi connectivity index (χ1v) is 4.32. The summed E-state index contributed by atoms with van der Waals surface area (Å²) in [6.07, 6.45) is 0. The van der Waals surface area contributed by atoms with Crippen LogP contribution in [-0.4, -0.2) is 10.9 Å². The van der Waals surface area contributed by atoms with Crippen molar-refractivity contribution < 1.29 is 14.3 Å². The van der Waals surface area contributed by atoms with Gasteiger partial charge in [-0.2, -0.15) is 0 Å². The number of ketones is 1. The molecule has 1 aromatic heterocycles. The lowest BCUT2D eigenvalue weighted by Gasteiger charge is -1.90. The quantitative estimate of drug-likeness (QED) is 0.703. The average molecular weight is 190 g/mol. The number of furan rings is 1. The first kappa shape index (κ1) is 8.81. The summed E-state index contributed by atoms with van der Waals surface area (Å²) in [5.74, 6) is 0.408. The Morgan fingerprint density at radius 2 is 2.14 bits per heavy atom. The maximum absolute atomic E-state index is 11.2. The number of phenols is 1. The summed E-state index contributed by atoms with van der Waals surface area (Å²) in [6, 6.07) is 4.83. The van der Waals surface area contributed by atoms with Crippen molar-refractivity contribution >= 4 is 16.8 Å². The molecule has 0 aliphatic rings. The molecule has 0 atom stereocenters. The van der Waals surface area contributed by atoms with Crippen molar-refractivity contribution in [1.29, 1.82) is 0 Å². The first-order chi connectivity index (χ1) is 6.59. The number of Topliss-reactive ketones (excluding diaryl/α,β-unsaturated/α-hetero) is 1. The van der Waals surface area contributed by atoms with Gasteiger partial charge in [0.25, 0.3) is 0 Å². The second kappa shape index (κ2) is 2.87. The molecule has 1 heterocycles. The molecule has 0 spiro atoms. The van der Waals surface area contributed by atoms with Gasteiger partial charge in [0, 0.05) is 23.9 Å². The third kappa shape index (κ3) is 1.18. The number of carbonyl (C=O) groups is 1. The number of aromatic hydroxyl groups is 1. The van der Waals surface area contributed by atoms with Gasteiger partial charge in [-0.05, 0) is 19.1 Å². The fraction of sp³-hybridized carbons (Fsp3) is 0.182. The number of carbonyl (C=O) groups excluding carboxylic acids is 1. The second-order valence-corrected chi connectivity index (χ2v) is 3.29. The van der Waals surface area contributed by atoms with Crippen LogP contribution in [0.15, 0.2) is 22.6 Å². The van der Waals surface area contributed by atoms with Gasteiger partial charge < -0.3 is 9.52 Å². The van der Waals surface area contributed by atoms with E-state index in [4.69, 9.17) is 4.42 Å². The third-order valence-corrected chi connectivity index (χ3v) is 2.24. The van der Waals surface area contributed by atoms with Crippen LogP contribution < -0.4 is 0 Å². The molecule has 1 aromatic carbocycles. The van der Waals surface area contributed by atoms with E-state index in [9.17, 15) is 9.90 Å². The van der Waals surface area contributed by atoms with Crippen molar-refractivity contribution in [3.05, 3.63) is 29.5 Å². The smallest absolute Gasteiger partial charge is 0.195 e. The molecule has 2 rings (SSSR count). The minimum absolute atomic E-state index is 0.0989. The maximum Gasteiger partial charge on any atom is 0.195 e. The number of phenolic OH excluding ortho intramolecular Hbond substituents is 1. The number of fused-ring (bicyclic) bond motifs is 1. The van der Waals surface area contributed by atoms with Crippen molar-refractivity contribution in [2.75, 3.05) is 0 Å². The molecule has 0 bridgehead atoms. The number of hydrogen-bond donors (Lipinski definition) is 1. The number of rotatable bonds is 1. The molecule has 0 radical (unpaired) electrons. The van der Waals surface area contributed by atoms with Gasteiger partial charge in [-0.25, -0.2) is 0 Å². The molecule has 1 N–H and O–H groups in total. The fourth-order valence-corrected chi connectivity index (χ4v) is 1.55. The van der Waals surface area contributed by atoms with Gasteiger partial charge in [0.1, 0.15) is 11.3 Å². The lowest BCUT2D eigenvalue weighted by atomic mass is 10.1. The lowest BCUT2D eigenvalue weighted by Crippen LogP contribution is -1.90. The van der Waals surface area contributed by atoms with Crippen LogP contribution in [0.2, 0.25) is 0 Å². The lowest BCUT2D eigenvalue weighted by molar-refractivity contribution is 0.0988. The predicted molar refractivity (Wildman–Crippen MR) is 52.6 cm³/mol. The van der Waals surface area contributed by atoms with Crippen LogP contribution in [0.1, 0.15) is 23.0 Å². The van der Waals surface area contributed by atoms with E-state index in [-0.39, 0.29) is 11.5 Å². The maximum atomic E-state index is 11.2. The van der Waals surface area contributed by atoms with E-state index in [2.05, 4.69) is 0 Å². The normalized spacial score (nSPS) is 10.7. The van der Waals surface area contributed by atoms with Crippen molar-refractivity contribution in [2.24, 2.45) is 0 Å². The van der Waals surface area contributed by atoms with Gasteiger partial charge >= 0.3 is 0 Å². The van der Waals surface area contributed by atoms with Crippen LogP contribution in [-0.2, 0) is 0 Å². The summed E-state index contributed by atoms with van der Waals surface area (Å²) in [5, 5.41) is 10.1. The highest BCUT2D eigenvalue weighted by molar-refractivity contribution is 5.99. The van der Waals surface area contributed by atoms with Crippen LogP contribution in [0, 0.1) is 6.92 Å². The van der Waals surface area contributed by atoms with E-state index in [1.165, 1.54) is 13.0 Å². The second-order valence-electron chi connectivity index (χ2n) is 3.29. The van der Waals surface area contributed by atoms with Crippen molar-refractivity contribution in [2.45, 2.75) is 13.8 Å². The Kier molecular flexibility index (Phi) is 1.81. The molecule has 0 saturated carbocycles. The molecule has 0 saturated heterocycles. The molecule has 0 aliphatic heterocycles. The van der Waals surface area contributed by atoms with Crippen LogP contribution in [0.4, 0.5) is 0 Å². The molecule has 3 nitrogen and oxygen atoms in total. The molecule has 3 heteroatoms. The van der Waals surface area contributed by atoms with E-state index >= 15 is 0 Å². The first-order valence-electron chi connectivity index (χ1n) is 4.32. The number of hydrogen-bond acceptors (Lipinski definition) is 3. The monoisotopic (exact) mass is 190 g/mol. The zero-order valence-corrected chi connectivity index (χ0v) is 8.00. The van der Waals surface area contributed by atoms with Gasteiger partial charge in [0.15, 0.2) is 11.5 Å². The Morgan fingerprint density at radius 1 is 1.43 bits per heavy atom. The van der Waals surface area contributed by atoms with Gasteiger partial charge in [0.05, 0.1) is 0 Å². The van der Waals surface area contributed by atoms with Gasteiger partial charge in [-0.3, -0.25) is 4.79 Å². The Morgan fingerprint density at radius 3 is 2.79 bits per heavy atom. The summed E-state index contributed by atoms with van der Waals surface area (Å²) >= 11 is 0. The minimum atomic E-state index is -0.0989. The number of benzene rings is 1. The topological polar surface area (TPSA) is 50.4 Å². The number of aryl methyl sites for hydroxylation is 1. The van der Waals surface area contributed by atoms with E-state index in [1.807, 2.05) is 6.92 Å². The molecule has 0 fully saturated rings. The van der Waals surface area contributed by atoms with Crippen LogP contribution in [0.5, 0.6) is 5.75 Å². The molecular formula is C11H10O3. The molecule has 72 valence electrons. The van der Waals surface area contributed by atoms with E-state index in [0.29, 0.717) is 11.3 Å². The van der Waals surface area contributed by atoms with Gasteiger partial charge in [0.2, 0.25) is 0 Å². The summed E-state index contributed by atoms with van der Waals surface area (Å²) in [4.78, 5) is 11.2. The fourth-order valence-electron chi connectivity index (χ4n) is 1.55. The Hall–Kier alpha value is -1.77. The predicted octanol–water partition coefficient (Wildman–Crippen LogP) is 2.65. The SMILES string of the molecule is CC(=O)c1oc2cc(O)ccc2c1C. The Bertz CT molecular complexity index is 508. The summed E-state index contributed by atoms with van der Waals surface area (Å²) in [6.45, 7) is 3.30. The highest BCUT2D eigenvalue weighted by Crippen LogP contribution is 2.28. The van der Waals surface area contributed by atoms with E-state index < -0.39 is 0 Å². The Labute approximate surface area is 81.0 Å². The highest BCUT2D eigenvalue weighted by Gasteiger charge is 2.13. The van der Waals surface area contributed by atoms with Gasteiger partial charge in [-0.15, -0.1) is 0 Å². The standard InChI is InChI=1S/C11H10O3/c1-6-9-4-3-8(13)5-10(9)14-11(6)7(2)12/h3-5,13H,1-2H3. The summed E-state index contributed by atoms with van der Waals surface area (Å²) < 4.78 is 5.33. The van der Waals surface area contributed by atoms with E-state index in [1.54, 1.807) is 12.1 Å². The van der Waals surface area contributed by atoms with Crippen molar-refractivity contribution in [3.8, 4) is 5.75 Å². The van der Waals surface area contributed by atoms with E-state index in [0.717, 1.165) is 10.9 Å². The largest absolute Gasteiger partial charge is 0.508 e. The van der Waals surface area contributed by atoms with Crippen LogP contribution in [0.3, 0.4) is 0 Å². The Balaban J connectivity index is 2.79. The van der Waals surface area contributed by atoms with Crippen LogP contribution in [0.25, 0.3) is 11.0 Å². The zero-order chi connectivity index (χ0) is 10.3. The molecule has 0 amide bonds. The summed E-state index contributed by atoms with van der Waals surface area (Å²) in [5.41, 5.74) is 1.38. The summed E-state index contributed by atoms with van der Waals surface area (Å²) in [7, 11) is 0. The third-order valence-electron chi connectivity index (χ3n) is 2.24. The highest BCUT2D eigenvalue weighted by atomic mass is 16.3. The molecular weight excluding hydrogens is 180 g/mol. The van der Waals surface area contributed by atoms with Crippen molar-refractivity contribution in [3.63, 3.8) is 0 Å². The van der Waals surface area contributed by atoms with Crippen LogP contribution >= 0.6 is 0 Å². The molecule has 0 unspecified atom stereocenters. The van der Waals surface area contributed by atoms with Crippen molar-refractivity contribution in [1.82, 2.24) is 0 Å². The molecule has 0 aliphatic carbocycles. The van der Waals surface area contributed by atoms with Gasteiger partial charge in [-0.1, -0.05) is 0 Å².